The first-order valence-corrected chi connectivity index (χ1v) is 7.34. The third-order valence-corrected chi connectivity index (χ3v) is 4.54. The normalized spacial score (nSPS) is 10.6. The van der Waals surface area contributed by atoms with E-state index < -0.39 is 0 Å². The molecule has 0 saturated carbocycles. The molecule has 5 nitrogen and oxygen atoms in total. The summed E-state index contributed by atoms with van der Waals surface area (Å²) >= 11 is 1.51. The Hall–Kier alpha value is -2.60. The highest BCUT2D eigenvalue weighted by molar-refractivity contribution is 7.22. The Morgan fingerprint density at radius 3 is 2.36 bits per heavy atom. The summed E-state index contributed by atoms with van der Waals surface area (Å²) in [6.45, 7) is 0. The lowest BCUT2D eigenvalue weighted by atomic mass is 10.1. The Kier molecular flexibility index (Phi) is 3.68. The van der Waals surface area contributed by atoms with Crippen LogP contribution < -0.4 is 9.47 Å². The molecule has 0 aliphatic rings. The second kappa shape index (κ2) is 5.65. The van der Waals surface area contributed by atoms with E-state index in [1.54, 1.807) is 19.2 Å². The monoisotopic (exact) mass is 315 g/mol. The van der Waals surface area contributed by atoms with Crippen LogP contribution in [0.4, 0.5) is 5.69 Å². The van der Waals surface area contributed by atoms with Gasteiger partial charge >= 0.3 is 0 Å². The third-order valence-electron chi connectivity index (χ3n) is 3.39. The summed E-state index contributed by atoms with van der Waals surface area (Å²) in [5.41, 5.74) is 0.629. The second-order valence-electron chi connectivity index (χ2n) is 4.65. The zero-order chi connectivity index (χ0) is 15.7. The lowest BCUT2D eigenvalue weighted by molar-refractivity contribution is -0.384. The average molecular weight is 315 g/mol. The highest BCUT2D eigenvalue weighted by atomic mass is 32.1. The van der Waals surface area contributed by atoms with E-state index in [-0.39, 0.29) is 10.6 Å². The molecule has 3 rings (SSSR count). The van der Waals surface area contributed by atoms with Crippen LogP contribution in [0.5, 0.6) is 11.5 Å². The first kappa shape index (κ1) is 14.3. The van der Waals surface area contributed by atoms with Gasteiger partial charge in [0.15, 0.2) is 0 Å². The van der Waals surface area contributed by atoms with E-state index in [1.165, 1.54) is 24.5 Å². The molecule has 0 fully saturated rings. The van der Waals surface area contributed by atoms with Crippen molar-refractivity contribution in [2.75, 3.05) is 14.2 Å². The Morgan fingerprint density at radius 1 is 1.00 bits per heavy atom. The molecule has 0 radical (unpaired) electrons. The van der Waals surface area contributed by atoms with E-state index in [0.29, 0.717) is 11.3 Å². The molecule has 0 unspecified atom stereocenters. The fraction of sp³-hybridized carbons (Fsp3) is 0.125. The molecule has 3 aromatic rings. The minimum atomic E-state index is -0.386. The van der Waals surface area contributed by atoms with E-state index >= 15 is 0 Å². The van der Waals surface area contributed by atoms with Crippen LogP contribution in [0.1, 0.15) is 0 Å². The van der Waals surface area contributed by atoms with Crippen LogP contribution in [0.15, 0.2) is 42.5 Å². The van der Waals surface area contributed by atoms with Crippen molar-refractivity contribution in [3.8, 4) is 21.9 Å². The SMILES string of the molecule is COc1ccc(-c2cc3cc(OC)ccc3s2)c([N+](=O)[O-])c1. The van der Waals surface area contributed by atoms with Crippen LogP contribution >= 0.6 is 11.3 Å². The van der Waals surface area contributed by atoms with E-state index in [4.69, 9.17) is 9.47 Å². The summed E-state index contributed by atoms with van der Waals surface area (Å²) in [6.07, 6.45) is 0. The Balaban J connectivity index is 2.16. The molecule has 112 valence electrons. The van der Waals surface area contributed by atoms with Crippen molar-refractivity contribution in [1.29, 1.82) is 0 Å². The van der Waals surface area contributed by atoms with Gasteiger partial charge in [0.2, 0.25) is 0 Å². The van der Waals surface area contributed by atoms with Gasteiger partial charge in [0.05, 0.1) is 30.8 Å². The number of nitrogens with zero attached hydrogens (tertiary/aromatic N) is 1. The minimum Gasteiger partial charge on any atom is -0.497 e. The first-order valence-electron chi connectivity index (χ1n) is 6.53. The molecular formula is C16H13NO4S. The maximum absolute atomic E-state index is 11.3. The molecule has 0 spiro atoms. The van der Waals surface area contributed by atoms with E-state index in [0.717, 1.165) is 20.7 Å². The first-order chi connectivity index (χ1) is 10.6. The third kappa shape index (κ3) is 2.48. The van der Waals surface area contributed by atoms with Gasteiger partial charge in [-0.25, -0.2) is 0 Å². The standard InChI is InChI=1S/C16H13NO4S/c1-20-11-4-6-15-10(7-11)8-16(22-15)13-5-3-12(21-2)9-14(13)17(18)19/h3-9H,1-2H3. The number of hydrogen-bond donors (Lipinski definition) is 0. The van der Waals surface area contributed by atoms with Crippen molar-refractivity contribution in [3.63, 3.8) is 0 Å². The van der Waals surface area contributed by atoms with E-state index in [1.807, 2.05) is 24.3 Å². The number of ether oxygens (including phenoxy) is 2. The Labute approximate surface area is 130 Å². The fourth-order valence-corrected chi connectivity index (χ4v) is 3.36. The summed E-state index contributed by atoms with van der Waals surface area (Å²) in [6, 6.07) is 12.6. The minimum absolute atomic E-state index is 0.0397. The number of fused-ring (bicyclic) bond motifs is 1. The number of rotatable bonds is 4. The molecule has 1 aromatic heterocycles. The van der Waals surface area contributed by atoms with E-state index in [9.17, 15) is 10.1 Å². The van der Waals surface area contributed by atoms with Gasteiger partial charge in [-0.15, -0.1) is 11.3 Å². The molecular weight excluding hydrogens is 302 g/mol. The number of hydrogen-bond acceptors (Lipinski definition) is 5. The van der Waals surface area contributed by atoms with E-state index in [2.05, 4.69) is 0 Å². The van der Waals surface area contributed by atoms with Gasteiger partial charge in [-0.2, -0.15) is 0 Å². The maximum Gasteiger partial charge on any atom is 0.281 e. The van der Waals surface area contributed by atoms with Crippen LogP contribution in [0.2, 0.25) is 0 Å². The lowest BCUT2D eigenvalue weighted by Gasteiger charge is -2.03. The van der Waals surface area contributed by atoms with Crippen molar-refractivity contribution in [1.82, 2.24) is 0 Å². The largest absolute Gasteiger partial charge is 0.497 e. The van der Waals surface area contributed by atoms with Crippen LogP contribution in [-0.2, 0) is 0 Å². The maximum atomic E-state index is 11.3. The lowest BCUT2D eigenvalue weighted by Crippen LogP contribution is -1.92. The number of benzene rings is 2. The molecule has 0 saturated heterocycles. The van der Waals surface area contributed by atoms with Gasteiger partial charge in [0.25, 0.3) is 5.69 Å². The van der Waals surface area contributed by atoms with Gasteiger partial charge < -0.3 is 9.47 Å². The van der Waals surface area contributed by atoms with Gasteiger partial charge in [0.1, 0.15) is 11.5 Å². The molecule has 0 aliphatic carbocycles. The summed E-state index contributed by atoms with van der Waals surface area (Å²) in [5, 5.41) is 12.3. The van der Waals surface area contributed by atoms with Crippen LogP contribution in [0.25, 0.3) is 20.5 Å². The topological polar surface area (TPSA) is 61.6 Å². The molecule has 22 heavy (non-hydrogen) atoms. The predicted octanol–water partition coefficient (Wildman–Crippen LogP) is 4.49. The van der Waals surface area contributed by atoms with Crippen molar-refractivity contribution >= 4 is 27.1 Å². The smallest absolute Gasteiger partial charge is 0.281 e. The summed E-state index contributed by atoms with van der Waals surface area (Å²) < 4.78 is 11.3. The van der Waals surface area contributed by atoms with Gasteiger partial charge in [-0.1, -0.05) is 0 Å². The van der Waals surface area contributed by atoms with Crippen LogP contribution in [0.3, 0.4) is 0 Å². The quantitative estimate of drug-likeness (QED) is 0.525. The Bertz CT molecular complexity index is 856. The summed E-state index contributed by atoms with van der Waals surface area (Å²) in [4.78, 5) is 11.8. The molecule has 0 amide bonds. The summed E-state index contributed by atoms with van der Waals surface area (Å²) in [5.74, 6) is 1.24. The predicted molar refractivity (Wildman–Crippen MR) is 87.0 cm³/mol. The van der Waals surface area contributed by atoms with Crippen LogP contribution in [0, 0.1) is 10.1 Å². The molecule has 0 N–H and O–H groups in total. The highest BCUT2D eigenvalue weighted by Crippen LogP contribution is 2.40. The zero-order valence-electron chi connectivity index (χ0n) is 12.0. The van der Waals surface area contributed by atoms with Crippen molar-refractivity contribution < 1.29 is 14.4 Å². The molecule has 1 heterocycles. The van der Waals surface area contributed by atoms with Crippen molar-refractivity contribution in [3.05, 3.63) is 52.6 Å². The molecule has 0 atom stereocenters. The van der Waals surface area contributed by atoms with Gasteiger partial charge in [0, 0.05) is 9.58 Å². The highest BCUT2D eigenvalue weighted by Gasteiger charge is 2.18. The summed E-state index contributed by atoms with van der Waals surface area (Å²) in [7, 11) is 3.10. The van der Waals surface area contributed by atoms with Crippen molar-refractivity contribution in [2.45, 2.75) is 0 Å². The molecule has 6 heteroatoms. The van der Waals surface area contributed by atoms with Crippen LogP contribution in [-0.4, -0.2) is 19.1 Å². The van der Waals surface area contributed by atoms with Crippen molar-refractivity contribution in [2.24, 2.45) is 0 Å². The molecule has 2 aromatic carbocycles. The zero-order valence-corrected chi connectivity index (χ0v) is 12.8. The van der Waals surface area contributed by atoms with Gasteiger partial charge in [-0.05, 0) is 41.8 Å². The average Bonchev–Trinajstić information content (AvgIpc) is 2.96. The second-order valence-corrected chi connectivity index (χ2v) is 5.74. The molecule has 0 aliphatic heterocycles. The fourth-order valence-electron chi connectivity index (χ4n) is 2.28. The van der Waals surface area contributed by atoms with Gasteiger partial charge in [-0.3, -0.25) is 10.1 Å². The Morgan fingerprint density at radius 2 is 1.68 bits per heavy atom. The molecule has 0 bridgehead atoms. The number of methoxy groups -OCH3 is 2. The number of nitro groups is 1. The number of nitro benzene ring substituents is 1. The number of thiophene rings is 1.